The largest absolute Gasteiger partial charge is 0.384 e. The summed E-state index contributed by atoms with van der Waals surface area (Å²) in [6.45, 7) is 0.384. The summed E-state index contributed by atoms with van der Waals surface area (Å²) < 4.78 is 6.96. The molecule has 0 atom stereocenters. The molecule has 2 aromatic rings. The van der Waals surface area contributed by atoms with Crippen molar-refractivity contribution in [3.63, 3.8) is 0 Å². The predicted molar refractivity (Wildman–Crippen MR) is 96.8 cm³/mol. The molecule has 2 rings (SSSR count). The number of thioether (sulfide) groups is 1. The molecule has 0 bridgehead atoms. The van der Waals surface area contributed by atoms with Gasteiger partial charge in [-0.3, -0.25) is 19.1 Å². The van der Waals surface area contributed by atoms with Gasteiger partial charge in [0, 0.05) is 16.5 Å². The molecule has 0 amide bonds. The van der Waals surface area contributed by atoms with E-state index in [1.165, 1.54) is 18.9 Å². The zero-order valence-electron chi connectivity index (χ0n) is 12.9. The normalized spacial score (nSPS) is 10.8. The highest BCUT2D eigenvalue weighted by Crippen LogP contribution is 2.21. The van der Waals surface area contributed by atoms with E-state index in [2.05, 4.69) is 20.9 Å². The van der Waals surface area contributed by atoms with Crippen LogP contribution in [0.25, 0.3) is 0 Å². The summed E-state index contributed by atoms with van der Waals surface area (Å²) >= 11 is 4.62. The van der Waals surface area contributed by atoms with Crippen LogP contribution >= 0.6 is 27.7 Å². The lowest BCUT2D eigenvalue weighted by Gasteiger charge is -2.11. The number of nitrogens with zero attached hydrogens (tertiary/aromatic N) is 1. The molecule has 0 spiro atoms. The van der Waals surface area contributed by atoms with Crippen LogP contribution in [-0.2, 0) is 11.3 Å². The van der Waals surface area contributed by atoms with E-state index in [-0.39, 0.29) is 30.3 Å². The second-order valence-electron chi connectivity index (χ2n) is 4.83. The smallest absolute Gasteiger partial charge is 0.330 e. The number of carbonyl (C=O) groups is 1. The maximum Gasteiger partial charge on any atom is 0.330 e. The number of aromatic amines is 1. The fraction of sp³-hybridized carbons (Fsp3) is 0.267. The van der Waals surface area contributed by atoms with E-state index in [0.29, 0.717) is 0 Å². The first-order valence-electron chi connectivity index (χ1n) is 6.97. The van der Waals surface area contributed by atoms with Crippen LogP contribution in [0.15, 0.2) is 43.2 Å². The Kier molecular flexibility index (Phi) is 6.41. The summed E-state index contributed by atoms with van der Waals surface area (Å²) in [6.07, 6.45) is 0. The van der Waals surface area contributed by atoms with Crippen LogP contribution in [0.1, 0.15) is 10.4 Å². The molecule has 0 aliphatic carbocycles. The lowest BCUT2D eigenvalue weighted by molar-refractivity contribution is 0.102. The molecule has 1 aromatic carbocycles. The number of Topliss-reactive ketones (excluding diaryl/α,β-unsaturated/α-hetero) is 1. The molecule has 0 fully saturated rings. The first-order chi connectivity index (χ1) is 11.4. The van der Waals surface area contributed by atoms with Crippen molar-refractivity contribution in [1.82, 2.24) is 9.55 Å². The van der Waals surface area contributed by atoms with Crippen LogP contribution in [0.3, 0.4) is 0 Å². The summed E-state index contributed by atoms with van der Waals surface area (Å²) in [6, 6.07) is 7.43. The highest BCUT2D eigenvalue weighted by atomic mass is 79.9. The summed E-state index contributed by atoms with van der Waals surface area (Å²) in [7, 11) is 1.48. The van der Waals surface area contributed by atoms with E-state index in [4.69, 9.17) is 10.5 Å². The number of rotatable bonds is 7. The Bertz CT molecular complexity index is 845. The van der Waals surface area contributed by atoms with Gasteiger partial charge >= 0.3 is 5.69 Å². The van der Waals surface area contributed by atoms with E-state index >= 15 is 0 Å². The number of hydrogen-bond donors (Lipinski definition) is 2. The van der Waals surface area contributed by atoms with E-state index < -0.39 is 17.0 Å². The molecular formula is C15H16BrN3O4S. The fourth-order valence-electron chi connectivity index (χ4n) is 2.01. The van der Waals surface area contributed by atoms with Gasteiger partial charge in [0.1, 0.15) is 11.4 Å². The standard InChI is InChI=1S/C15H16BrN3O4S/c1-23-7-6-19-13(17)12(14(21)18-15(19)22)11(20)8-24-10-4-2-9(16)3-5-10/h2-5H,6-8,17H2,1H3,(H,18,21,22). The van der Waals surface area contributed by atoms with E-state index in [1.807, 2.05) is 24.3 Å². The number of ketones is 1. The molecular weight excluding hydrogens is 398 g/mol. The number of ether oxygens (including phenoxy) is 1. The number of methoxy groups -OCH3 is 1. The number of hydrogen-bond acceptors (Lipinski definition) is 6. The molecule has 128 valence electrons. The van der Waals surface area contributed by atoms with Crippen LogP contribution < -0.4 is 17.0 Å². The molecule has 0 saturated heterocycles. The van der Waals surface area contributed by atoms with Gasteiger partial charge in [0.15, 0.2) is 5.78 Å². The average Bonchev–Trinajstić information content (AvgIpc) is 2.54. The fourth-order valence-corrected chi connectivity index (χ4v) is 3.05. The van der Waals surface area contributed by atoms with Crippen LogP contribution in [0, 0.1) is 0 Å². The van der Waals surface area contributed by atoms with Crippen molar-refractivity contribution < 1.29 is 9.53 Å². The van der Waals surface area contributed by atoms with E-state index in [0.717, 1.165) is 13.9 Å². The number of nitrogens with one attached hydrogen (secondary N) is 1. The van der Waals surface area contributed by atoms with E-state index in [9.17, 15) is 14.4 Å². The monoisotopic (exact) mass is 413 g/mol. The molecule has 1 aromatic heterocycles. The SMILES string of the molecule is COCCn1c(N)c(C(=O)CSc2ccc(Br)cc2)c(=O)[nH]c1=O. The minimum atomic E-state index is -0.771. The zero-order chi connectivity index (χ0) is 17.7. The number of nitrogen functional groups attached to an aromatic ring is 1. The summed E-state index contributed by atoms with van der Waals surface area (Å²) in [5.41, 5.74) is 4.24. The summed E-state index contributed by atoms with van der Waals surface area (Å²) in [5, 5.41) is 0. The third kappa shape index (κ3) is 4.37. The lowest BCUT2D eigenvalue weighted by Crippen LogP contribution is -2.37. The van der Waals surface area contributed by atoms with Gasteiger partial charge in [-0.1, -0.05) is 15.9 Å². The molecule has 0 radical (unpaired) electrons. The number of nitrogens with two attached hydrogens (primary N) is 1. The van der Waals surface area contributed by atoms with Crippen molar-refractivity contribution in [1.29, 1.82) is 0 Å². The number of carbonyl (C=O) groups excluding carboxylic acids is 1. The Morgan fingerprint density at radius 1 is 1.33 bits per heavy atom. The maximum absolute atomic E-state index is 12.4. The van der Waals surface area contributed by atoms with Crippen molar-refractivity contribution in [2.75, 3.05) is 25.2 Å². The van der Waals surface area contributed by atoms with Crippen LogP contribution in [0.4, 0.5) is 5.82 Å². The molecule has 9 heteroatoms. The molecule has 3 N–H and O–H groups in total. The highest BCUT2D eigenvalue weighted by molar-refractivity contribution is 9.10. The Morgan fingerprint density at radius 2 is 2.00 bits per heavy atom. The second-order valence-corrected chi connectivity index (χ2v) is 6.79. The number of H-pyrrole nitrogens is 1. The molecule has 0 unspecified atom stereocenters. The van der Waals surface area contributed by atoms with Gasteiger partial charge < -0.3 is 10.5 Å². The molecule has 1 heterocycles. The van der Waals surface area contributed by atoms with Crippen molar-refractivity contribution >= 4 is 39.3 Å². The highest BCUT2D eigenvalue weighted by Gasteiger charge is 2.19. The predicted octanol–water partition coefficient (Wildman–Crippen LogP) is 1.50. The van der Waals surface area contributed by atoms with Crippen molar-refractivity contribution in [3.8, 4) is 0 Å². The molecule has 24 heavy (non-hydrogen) atoms. The topological polar surface area (TPSA) is 107 Å². The van der Waals surface area contributed by atoms with Crippen LogP contribution in [0.5, 0.6) is 0 Å². The molecule has 0 saturated carbocycles. The van der Waals surface area contributed by atoms with Gasteiger partial charge in [-0.25, -0.2) is 4.79 Å². The Labute approximate surface area is 150 Å². The number of halogens is 1. The maximum atomic E-state index is 12.4. The van der Waals surface area contributed by atoms with Crippen molar-refractivity contribution in [3.05, 3.63) is 55.1 Å². The van der Waals surface area contributed by atoms with Crippen molar-refractivity contribution in [2.45, 2.75) is 11.4 Å². The number of aromatic nitrogens is 2. The Morgan fingerprint density at radius 3 is 2.62 bits per heavy atom. The third-order valence-corrected chi connectivity index (χ3v) is 4.76. The molecule has 0 aliphatic heterocycles. The average molecular weight is 414 g/mol. The van der Waals surface area contributed by atoms with Gasteiger partial charge in [0.25, 0.3) is 5.56 Å². The number of anilines is 1. The quantitative estimate of drug-likeness (QED) is 0.525. The number of benzene rings is 1. The van der Waals surface area contributed by atoms with Gasteiger partial charge in [-0.15, -0.1) is 11.8 Å². The van der Waals surface area contributed by atoms with Gasteiger partial charge in [-0.2, -0.15) is 0 Å². The molecule has 7 nitrogen and oxygen atoms in total. The Balaban J connectivity index is 2.23. The Hall–Kier alpha value is -1.84. The third-order valence-electron chi connectivity index (χ3n) is 3.22. The van der Waals surface area contributed by atoms with Crippen LogP contribution in [-0.4, -0.2) is 34.8 Å². The lowest BCUT2D eigenvalue weighted by atomic mass is 10.2. The minimum absolute atomic E-state index is 0.0391. The van der Waals surface area contributed by atoms with Crippen LogP contribution in [0.2, 0.25) is 0 Å². The summed E-state index contributed by atoms with van der Waals surface area (Å²) in [4.78, 5) is 39.2. The first kappa shape index (κ1) is 18.5. The van der Waals surface area contributed by atoms with Crippen molar-refractivity contribution in [2.24, 2.45) is 0 Å². The molecule has 0 aliphatic rings. The van der Waals surface area contributed by atoms with Gasteiger partial charge in [-0.05, 0) is 24.3 Å². The second kappa shape index (κ2) is 8.32. The summed E-state index contributed by atoms with van der Waals surface area (Å²) in [5.74, 6) is -0.535. The first-order valence-corrected chi connectivity index (χ1v) is 8.75. The van der Waals surface area contributed by atoms with E-state index in [1.54, 1.807) is 0 Å². The van der Waals surface area contributed by atoms with Gasteiger partial charge in [0.2, 0.25) is 0 Å². The minimum Gasteiger partial charge on any atom is -0.384 e. The zero-order valence-corrected chi connectivity index (χ0v) is 15.3. The van der Waals surface area contributed by atoms with Gasteiger partial charge in [0.05, 0.1) is 18.9 Å².